The van der Waals surface area contributed by atoms with E-state index in [0.29, 0.717) is 6.04 Å². The minimum atomic E-state index is -0.166. The molecule has 2 aromatic carbocycles. The van der Waals surface area contributed by atoms with Gasteiger partial charge in [0, 0.05) is 31.1 Å². The Morgan fingerprint density at radius 3 is 2.53 bits per heavy atom. The van der Waals surface area contributed by atoms with Gasteiger partial charge in [-0.25, -0.2) is 4.79 Å². The Bertz CT molecular complexity index is 1290. The first kappa shape index (κ1) is 26.1. The van der Waals surface area contributed by atoms with E-state index in [1.807, 2.05) is 27.0 Å². The summed E-state index contributed by atoms with van der Waals surface area (Å²) < 4.78 is 13.0. The number of carbonyl (C=O) groups is 1. The number of hydrogen-bond acceptors (Lipinski definition) is 5. The first-order valence-electron chi connectivity index (χ1n) is 13.4. The van der Waals surface area contributed by atoms with Gasteiger partial charge >= 0.3 is 6.03 Å². The van der Waals surface area contributed by atoms with E-state index in [4.69, 9.17) is 9.47 Å². The second kappa shape index (κ2) is 10.7. The third-order valence-electron chi connectivity index (χ3n) is 8.64. The lowest BCUT2D eigenvalue weighted by atomic mass is 9.65. The standard InChI is InChI=1S/C30H39N5O3/c1-20-28(21(2)34(3)33-20)32-29(36)31-24-13-14-30(23-11-12-25(37-4)26(17-23)38-5)15-16-35(27(30)18-24)19-22-9-7-6-8-10-22/h6-12,17,24,27H,13-16,18-19H2,1-5H3,(H2,31,32,36). The quantitative estimate of drug-likeness (QED) is 0.464. The van der Waals surface area contributed by atoms with E-state index in [-0.39, 0.29) is 17.5 Å². The molecule has 2 N–H and O–H groups in total. The van der Waals surface area contributed by atoms with E-state index < -0.39 is 0 Å². The molecule has 0 spiro atoms. The number of anilines is 1. The summed E-state index contributed by atoms with van der Waals surface area (Å²) in [6.07, 6.45) is 3.88. The van der Waals surface area contributed by atoms with Crippen LogP contribution >= 0.6 is 0 Å². The van der Waals surface area contributed by atoms with Crippen molar-refractivity contribution in [2.45, 2.75) is 63.6 Å². The number of methoxy groups -OCH3 is 2. The van der Waals surface area contributed by atoms with Gasteiger partial charge in [-0.15, -0.1) is 0 Å². The lowest BCUT2D eigenvalue weighted by Gasteiger charge is -2.45. The highest BCUT2D eigenvalue weighted by molar-refractivity contribution is 5.90. The summed E-state index contributed by atoms with van der Waals surface area (Å²) in [7, 11) is 5.26. The van der Waals surface area contributed by atoms with Crippen LogP contribution in [0.1, 0.15) is 48.2 Å². The van der Waals surface area contributed by atoms with E-state index >= 15 is 0 Å². The molecule has 38 heavy (non-hydrogen) atoms. The predicted octanol–water partition coefficient (Wildman–Crippen LogP) is 4.94. The summed E-state index contributed by atoms with van der Waals surface area (Å²) >= 11 is 0. The van der Waals surface area contributed by atoms with Crippen LogP contribution in [0, 0.1) is 13.8 Å². The van der Waals surface area contributed by atoms with Crippen molar-refractivity contribution in [1.82, 2.24) is 20.0 Å². The van der Waals surface area contributed by atoms with Crippen LogP contribution < -0.4 is 20.1 Å². The van der Waals surface area contributed by atoms with Crippen LogP contribution in [0.3, 0.4) is 0 Å². The number of nitrogens with one attached hydrogen (secondary N) is 2. The van der Waals surface area contributed by atoms with Gasteiger partial charge in [0.1, 0.15) is 0 Å². The van der Waals surface area contributed by atoms with Crippen molar-refractivity contribution in [2.75, 3.05) is 26.1 Å². The van der Waals surface area contributed by atoms with Crippen LogP contribution in [0.5, 0.6) is 11.5 Å². The van der Waals surface area contributed by atoms with Crippen molar-refractivity contribution in [3.05, 3.63) is 71.0 Å². The Kier molecular flexibility index (Phi) is 7.34. The minimum absolute atomic E-state index is 0.000482. The molecule has 3 aromatic rings. The zero-order chi connectivity index (χ0) is 26.9. The molecule has 2 aliphatic rings. The summed E-state index contributed by atoms with van der Waals surface area (Å²) in [6, 6.07) is 17.3. The number of carbonyl (C=O) groups excluding carboxylic acids is 1. The topological polar surface area (TPSA) is 80.7 Å². The summed E-state index contributed by atoms with van der Waals surface area (Å²) in [5, 5.41) is 10.7. The number of rotatable bonds is 7. The fourth-order valence-corrected chi connectivity index (χ4v) is 6.56. The highest BCUT2D eigenvalue weighted by atomic mass is 16.5. The van der Waals surface area contributed by atoms with Gasteiger partial charge < -0.3 is 20.1 Å². The molecular formula is C30H39N5O3. The van der Waals surface area contributed by atoms with Gasteiger partial charge in [-0.1, -0.05) is 36.4 Å². The second-order valence-electron chi connectivity index (χ2n) is 10.7. The Labute approximate surface area is 225 Å². The van der Waals surface area contributed by atoms with Crippen LogP contribution in [0.4, 0.5) is 10.5 Å². The lowest BCUT2D eigenvalue weighted by Crippen LogP contribution is -2.52. The van der Waals surface area contributed by atoms with E-state index in [1.54, 1.807) is 18.9 Å². The van der Waals surface area contributed by atoms with Gasteiger partial charge in [-0.3, -0.25) is 9.58 Å². The van der Waals surface area contributed by atoms with Crippen molar-refractivity contribution < 1.29 is 14.3 Å². The number of aryl methyl sites for hydroxylation is 2. The highest BCUT2D eigenvalue weighted by Gasteiger charge is 2.51. The first-order valence-corrected chi connectivity index (χ1v) is 13.4. The number of fused-ring (bicyclic) bond motifs is 1. The average Bonchev–Trinajstić information content (AvgIpc) is 3.40. The maximum Gasteiger partial charge on any atom is 0.319 e. The number of ether oxygens (including phenoxy) is 2. The van der Waals surface area contributed by atoms with E-state index in [2.05, 4.69) is 63.1 Å². The molecule has 3 unspecified atom stereocenters. The second-order valence-corrected chi connectivity index (χ2v) is 10.7. The summed E-state index contributed by atoms with van der Waals surface area (Å²) in [5.41, 5.74) is 5.15. The molecule has 3 atom stereocenters. The van der Waals surface area contributed by atoms with Crippen LogP contribution in [0.2, 0.25) is 0 Å². The van der Waals surface area contributed by atoms with Gasteiger partial charge in [0.05, 0.1) is 31.3 Å². The maximum absolute atomic E-state index is 13.1. The largest absolute Gasteiger partial charge is 0.493 e. The summed E-state index contributed by atoms with van der Waals surface area (Å²) in [6.45, 7) is 5.79. The minimum Gasteiger partial charge on any atom is -0.493 e. The number of amides is 2. The van der Waals surface area contributed by atoms with Crippen molar-refractivity contribution in [2.24, 2.45) is 7.05 Å². The van der Waals surface area contributed by atoms with Crippen LogP contribution in [-0.2, 0) is 19.0 Å². The fourth-order valence-electron chi connectivity index (χ4n) is 6.56. The van der Waals surface area contributed by atoms with Gasteiger partial charge in [0.2, 0.25) is 0 Å². The Hall–Kier alpha value is -3.52. The predicted molar refractivity (Wildman–Crippen MR) is 149 cm³/mol. The molecule has 2 fully saturated rings. The number of hydrogen-bond donors (Lipinski definition) is 2. The molecular weight excluding hydrogens is 478 g/mol. The SMILES string of the molecule is COc1ccc(C23CCC(NC(=O)Nc4c(C)nn(C)c4C)CC2N(Cc2ccccc2)CC3)cc1OC. The van der Waals surface area contributed by atoms with Crippen molar-refractivity contribution in [1.29, 1.82) is 0 Å². The van der Waals surface area contributed by atoms with Crippen LogP contribution in [0.15, 0.2) is 48.5 Å². The van der Waals surface area contributed by atoms with Gasteiger partial charge in [-0.2, -0.15) is 5.10 Å². The number of benzene rings is 2. The van der Waals surface area contributed by atoms with E-state index in [0.717, 1.165) is 67.3 Å². The summed E-state index contributed by atoms with van der Waals surface area (Å²) in [5.74, 6) is 1.51. The zero-order valence-electron chi connectivity index (χ0n) is 23.1. The van der Waals surface area contributed by atoms with E-state index in [9.17, 15) is 4.79 Å². The molecule has 8 heteroatoms. The van der Waals surface area contributed by atoms with Crippen molar-refractivity contribution in [3.63, 3.8) is 0 Å². The molecule has 1 saturated carbocycles. The maximum atomic E-state index is 13.1. The number of likely N-dealkylation sites (tertiary alicyclic amines) is 1. The fraction of sp³-hybridized carbons (Fsp3) is 0.467. The van der Waals surface area contributed by atoms with Crippen LogP contribution in [0.25, 0.3) is 0 Å². The monoisotopic (exact) mass is 517 g/mol. The lowest BCUT2D eigenvalue weighted by molar-refractivity contribution is 0.131. The van der Waals surface area contributed by atoms with Gasteiger partial charge in [0.15, 0.2) is 11.5 Å². The van der Waals surface area contributed by atoms with E-state index in [1.165, 1.54) is 11.1 Å². The Balaban J connectivity index is 1.39. The first-order chi connectivity index (χ1) is 18.3. The molecule has 1 aliphatic carbocycles. The number of urea groups is 1. The normalized spacial score (nSPS) is 23.1. The van der Waals surface area contributed by atoms with Crippen LogP contribution in [-0.4, -0.2) is 53.6 Å². The van der Waals surface area contributed by atoms with Gasteiger partial charge in [-0.05, 0) is 69.3 Å². The van der Waals surface area contributed by atoms with Gasteiger partial charge in [0.25, 0.3) is 0 Å². The average molecular weight is 518 g/mol. The third-order valence-corrected chi connectivity index (χ3v) is 8.64. The smallest absolute Gasteiger partial charge is 0.319 e. The number of aromatic nitrogens is 2. The Morgan fingerprint density at radius 1 is 1.08 bits per heavy atom. The molecule has 1 aromatic heterocycles. The molecule has 1 saturated heterocycles. The van der Waals surface area contributed by atoms with Crippen molar-refractivity contribution >= 4 is 11.7 Å². The number of nitrogens with zero attached hydrogens (tertiary/aromatic N) is 3. The highest BCUT2D eigenvalue weighted by Crippen LogP contribution is 2.50. The zero-order valence-corrected chi connectivity index (χ0v) is 23.1. The molecule has 5 rings (SSSR count). The summed E-state index contributed by atoms with van der Waals surface area (Å²) in [4.78, 5) is 15.7. The third kappa shape index (κ3) is 4.85. The van der Waals surface area contributed by atoms with Crippen molar-refractivity contribution in [3.8, 4) is 11.5 Å². The molecule has 0 bridgehead atoms. The molecule has 0 radical (unpaired) electrons. The molecule has 1 aliphatic heterocycles. The molecule has 2 amide bonds. The Morgan fingerprint density at radius 2 is 1.84 bits per heavy atom. The molecule has 202 valence electrons. The molecule has 8 nitrogen and oxygen atoms in total. The molecule has 2 heterocycles.